The zero-order valence-corrected chi connectivity index (χ0v) is 19.3. The second-order valence-corrected chi connectivity index (χ2v) is 9.21. The zero-order chi connectivity index (χ0) is 25.2. The third kappa shape index (κ3) is 5.09. The molecule has 1 N–H and O–H groups in total. The minimum atomic E-state index is -4.61. The van der Waals surface area contributed by atoms with Crippen molar-refractivity contribution in [2.75, 3.05) is 31.6 Å². The zero-order valence-electron chi connectivity index (χ0n) is 19.3. The van der Waals surface area contributed by atoms with Gasteiger partial charge in [0.2, 0.25) is 11.8 Å². The summed E-state index contributed by atoms with van der Waals surface area (Å²) in [5.41, 5.74) is -0.384. The average molecular weight is 486 g/mol. The molecular formula is C25H26F3N5O2. The fraction of sp³-hybridized carbons (Fsp3) is 0.440. The van der Waals surface area contributed by atoms with E-state index >= 15 is 0 Å². The summed E-state index contributed by atoms with van der Waals surface area (Å²) in [5.74, 6) is -0.347. The lowest BCUT2D eigenvalue weighted by Gasteiger charge is -2.40. The molecule has 2 aliphatic rings. The summed E-state index contributed by atoms with van der Waals surface area (Å²) >= 11 is 0. The highest BCUT2D eigenvalue weighted by atomic mass is 19.4. The van der Waals surface area contributed by atoms with Crippen LogP contribution in [0.2, 0.25) is 0 Å². The van der Waals surface area contributed by atoms with Gasteiger partial charge in [0.25, 0.3) is 0 Å². The van der Waals surface area contributed by atoms with Gasteiger partial charge in [-0.3, -0.25) is 14.6 Å². The minimum absolute atomic E-state index is 0.133. The number of benzene rings is 1. The maximum absolute atomic E-state index is 13.4. The van der Waals surface area contributed by atoms with Gasteiger partial charge in [0.1, 0.15) is 6.04 Å². The molecule has 3 heterocycles. The van der Waals surface area contributed by atoms with Crippen LogP contribution in [0.5, 0.6) is 0 Å². The predicted molar refractivity (Wildman–Crippen MR) is 122 cm³/mol. The molecule has 0 bridgehead atoms. The molecule has 1 atom stereocenters. The molecule has 10 heteroatoms. The molecule has 7 nitrogen and oxygen atoms in total. The molecule has 2 amide bonds. The second-order valence-electron chi connectivity index (χ2n) is 9.21. The first kappa shape index (κ1) is 24.5. The molecule has 1 aromatic carbocycles. The van der Waals surface area contributed by atoms with Crippen molar-refractivity contribution in [3.05, 3.63) is 59.4 Å². The number of carbonyl (C=O) groups excluding carboxylic acids is 2. The van der Waals surface area contributed by atoms with E-state index in [2.05, 4.69) is 10.3 Å². The Hall–Kier alpha value is -3.61. The number of likely N-dealkylation sites (N-methyl/N-ethyl adjacent to an activating group) is 1. The number of hydrogen-bond acceptors (Lipinski definition) is 5. The smallest absolute Gasteiger partial charge is 0.371 e. The van der Waals surface area contributed by atoms with Gasteiger partial charge in [0, 0.05) is 44.8 Å². The molecule has 1 spiro atoms. The number of nitriles is 1. The first-order valence-electron chi connectivity index (χ1n) is 11.4. The number of alkyl halides is 3. The van der Waals surface area contributed by atoms with Gasteiger partial charge in [0.15, 0.2) is 0 Å². The average Bonchev–Trinajstić information content (AvgIpc) is 3.23. The van der Waals surface area contributed by atoms with Crippen LogP contribution in [0, 0.1) is 16.7 Å². The van der Waals surface area contributed by atoms with E-state index in [1.807, 2.05) is 4.90 Å². The molecule has 4 rings (SSSR count). The highest BCUT2D eigenvalue weighted by Gasteiger charge is 2.49. The summed E-state index contributed by atoms with van der Waals surface area (Å²) < 4.78 is 40.2. The van der Waals surface area contributed by atoms with Crippen molar-refractivity contribution in [3.8, 4) is 6.07 Å². The van der Waals surface area contributed by atoms with Crippen LogP contribution in [-0.2, 0) is 22.2 Å². The highest BCUT2D eigenvalue weighted by molar-refractivity contribution is 5.89. The van der Waals surface area contributed by atoms with Crippen LogP contribution in [0.15, 0.2) is 42.7 Å². The van der Waals surface area contributed by atoms with Gasteiger partial charge < -0.3 is 15.1 Å². The van der Waals surface area contributed by atoms with Crippen molar-refractivity contribution in [2.24, 2.45) is 5.41 Å². The summed E-state index contributed by atoms with van der Waals surface area (Å²) in [6.07, 6.45) is 0.593. The van der Waals surface area contributed by atoms with Crippen molar-refractivity contribution in [2.45, 2.75) is 37.9 Å². The molecule has 0 radical (unpaired) electrons. The van der Waals surface area contributed by atoms with Crippen molar-refractivity contribution in [3.63, 3.8) is 0 Å². The van der Waals surface area contributed by atoms with E-state index in [4.69, 9.17) is 5.26 Å². The minimum Gasteiger partial charge on any atom is -0.371 e. The lowest BCUT2D eigenvalue weighted by atomic mass is 9.76. The van der Waals surface area contributed by atoms with Crippen LogP contribution >= 0.6 is 0 Å². The van der Waals surface area contributed by atoms with E-state index < -0.39 is 23.3 Å². The van der Waals surface area contributed by atoms with Crippen LogP contribution < -0.4 is 10.2 Å². The van der Waals surface area contributed by atoms with E-state index in [1.54, 1.807) is 42.5 Å². The monoisotopic (exact) mass is 485 g/mol. The predicted octanol–water partition coefficient (Wildman–Crippen LogP) is 3.15. The third-order valence-corrected chi connectivity index (χ3v) is 7.10. The number of likely N-dealkylation sites (tertiary alicyclic amines) is 1. The van der Waals surface area contributed by atoms with Crippen LogP contribution in [0.3, 0.4) is 0 Å². The van der Waals surface area contributed by atoms with Crippen molar-refractivity contribution < 1.29 is 22.8 Å². The van der Waals surface area contributed by atoms with Crippen LogP contribution in [0.1, 0.15) is 36.0 Å². The molecule has 2 aromatic rings. The number of nitrogens with one attached hydrogen (secondary N) is 1. The van der Waals surface area contributed by atoms with E-state index in [9.17, 15) is 22.8 Å². The first-order valence-corrected chi connectivity index (χ1v) is 11.4. The number of piperidine rings is 1. The Morgan fingerprint density at radius 3 is 2.49 bits per heavy atom. The molecule has 1 aromatic heterocycles. The number of amides is 2. The summed E-state index contributed by atoms with van der Waals surface area (Å²) in [6, 6.07) is 8.35. The highest BCUT2D eigenvalue weighted by Crippen LogP contribution is 2.45. The topological polar surface area (TPSA) is 89.3 Å². The maximum atomic E-state index is 13.4. The Balaban J connectivity index is 1.49. The van der Waals surface area contributed by atoms with Crippen LogP contribution in [0.25, 0.3) is 0 Å². The van der Waals surface area contributed by atoms with Gasteiger partial charge >= 0.3 is 6.18 Å². The van der Waals surface area contributed by atoms with Crippen molar-refractivity contribution in [1.82, 2.24) is 15.2 Å². The second kappa shape index (κ2) is 9.56. The SMILES string of the molecule is CNC(=O)C1CC2(CCN(c3ccc(C#N)c(C(F)(F)F)c3)CC2)CN1C(=O)Cc1ccncc1. The lowest BCUT2D eigenvalue weighted by Crippen LogP contribution is -2.45. The Morgan fingerprint density at radius 1 is 1.20 bits per heavy atom. The fourth-order valence-corrected chi connectivity index (χ4v) is 5.16. The quantitative estimate of drug-likeness (QED) is 0.719. The van der Waals surface area contributed by atoms with Gasteiger partial charge in [-0.05, 0) is 60.6 Å². The Kier molecular flexibility index (Phi) is 6.70. The normalized spacial score (nSPS) is 19.5. The molecule has 1 unspecified atom stereocenters. The number of anilines is 1. The van der Waals surface area contributed by atoms with Gasteiger partial charge in [-0.2, -0.15) is 18.4 Å². The molecule has 2 fully saturated rings. The fourth-order valence-electron chi connectivity index (χ4n) is 5.16. The van der Waals surface area contributed by atoms with E-state index in [0.29, 0.717) is 44.6 Å². The van der Waals surface area contributed by atoms with Crippen molar-refractivity contribution >= 4 is 17.5 Å². The van der Waals surface area contributed by atoms with E-state index in [0.717, 1.165) is 11.6 Å². The Labute approximate surface area is 201 Å². The molecule has 184 valence electrons. The largest absolute Gasteiger partial charge is 0.417 e. The Bertz CT molecular complexity index is 1140. The maximum Gasteiger partial charge on any atom is 0.417 e. The first-order chi connectivity index (χ1) is 16.7. The van der Waals surface area contributed by atoms with Gasteiger partial charge in [0.05, 0.1) is 23.6 Å². The number of halogens is 3. The summed E-state index contributed by atoms with van der Waals surface area (Å²) in [5, 5.41) is 11.7. The van der Waals surface area contributed by atoms with Gasteiger partial charge in [-0.15, -0.1) is 0 Å². The molecule has 2 saturated heterocycles. The van der Waals surface area contributed by atoms with Crippen LogP contribution in [-0.4, -0.2) is 54.4 Å². The lowest BCUT2D eigenvalue weighted by molar-refractivity contribution is -0.138. The van der Waals surface area contributed by atoms with Gasteiger partial charge in [-0.1, -0.05) is 0 Å². The molecular weight excluding hydrogens is 459 g/mol. The molecule has 35 heavy (non-hydrogen) atoms. The molecule has 0 saturated carbocycles. The van der Waals surface area contributed by atoms with Crippen molar-refractivity contribution in [1.29, 1.82) is 5.26 Å². The molecule has 0 aliphatic carbocycles. The number of hydrogen-bond donors (Lipinski definition) is 1. The Morgan fingerprint density at radius 2 is 1.89 bits per heavy atom. The number of carbonyl (C=O) groups is 2. The number of nitrogens with zero attached hydrogens (tertiary/aromatic N) is 4. The van der Waals surface area contributed by atoms with E-state index in [-0.39, 0.29) is 23.7 Å². The standard InChI is InChI=1S/C25H26F3N5O2/c1-30-23(35)21-14-24(16-33(21)22(34)12-17-4-8-31-9-5-17)6-10-32(11-7-24)19-3-2-18(15-29)20(13-19)25(26,27)28/h2-5,8-9,13,21H,6-7,10-12,14,16H2,1H3,(H,30,35). The summed E-state index contributed by atoms with van der Waals surface area (Å²) in [7, 11) is 1.55. The van der Waals surface area contributed by atoms with E-state index in [1.165, 1.54) is 12.1 Å². The van der Waals surface area contributed by atoms with Gasteiger partial charge in [-0.25, -0.2) is 0 Å². The third-order valence-electron chi connectivity index (χ3n) is 7.10. The number of rotatable bonds is 4. The summed E-state index contributed by atoms with van der Waals surface area (Å²) in [6.45, 7) is 1.43. The number of pyridine rings is 1. The molecule has 2 aliphatic heterocycles. The summed E-state index contributed by atoms with van der Waals surface area (Å²) in [4.78, 5) is 33.2. The van der Waals surface area contributed by atoms with Crippen LogP contribution in [0.4, 0.5) is 18.9 Å². The number of aromatic nitrogens is 1.